The number of carbonyl (C=O) groups excluding carboxylic acids is 2. The average Bonchev–Trinajstić information content (AvgIpc) is 3.09. The molecule has 0 aromatic carbocycles. The fraction of sp³-hybridized carbons (Fsp3) is 0.886. The van der Waals surface area contributed by atoms with Crippen molar-refractivity contribution in [1.82, 2.24) is 0 Å². The molecule has 0 radical (unpaired) electrons. The maximum atomic E-state index is 12.6. The highest BCUT2D eigenvalue weighted by Gasteiger charge is 2.47. The highest BCUT2D eigenvalue weighted by molar-refractivity contribution is 5.69. The molecule has 0 aromatic rings. The van der Waals surface area contributed by atoms with Crippen molar-refractivity contribution in [2.24, 2.45) is 0 Å². The third kappa shape index (κ3) is 16.3. The van der Waals surface area contributed by atoms with E-state index < -0.39 is 99.3 Å². The van der Waals surface area contributed by atoms with E-state index in [1.54, 1.807) is 0 Å². The van der Waals surface area contributed by atoms with Crippen LogP contribution >= 0.6 is 0 Å². The first-order valence-corrected chi connectivity index (χ1v) is 18.2. The van der Waals surface area contributed by atoms with Crippen molar-refractivity contribution in [3.05, 3.63) is 12.2 Å². The zero-order valence-corrected chi connectivity index (χ0v) is 29.6. The van der Waals surface area contributed by atoms with E-state index >= 15 is 0 Å². The van der Waals surface area contributed by atoms with Crippen LogP contribution in [0.1, 0.15) is 104 Å². The Bertz CT molecular complexity index is 949. The molecule has 2 heterocycles. The SMILES string of the molecule is CCCCCCCC/C=C\CCCCCCCC(=O)OC(COC(C)=O)COC1OC(COC2OC(CO)C(O)C(O)C2O)C(O)C(O)C1O. The van der Waals surface area contributed by atoms with Gasteiger partial charge in [0, 0.05) is 13.3 Å². The largest absolute Gasteiger partial charge is 0.462 e. The number of allylic oxidation sites excluding steroid dienone is 2. The van der Waals surface area contributed by atoms with Crippen molar-refractivity contribution in [1.29, 1.82) is 0 Å². The Morgan fingerprint density at radius 3 is 1.76 bits per heavy atom. The number of hydrogen-bond acceptors (Lipinski definition) is 15. The Balaban J connectivity index is 1.74. The average molecular weight is 723 g/mol. The molecule has 2 fully saturated rings. The second kappa shape index (κ2) is 25.3. The van der Waals surface area contributed by atoms with Crippen LogP contribution in [-0.2, 0) is 38.0 Å². The van der Waals surface area contributed by atoms with Crippen LogP contribution in [0, 0.1) is 0 Å². The predicted molar refractivity (Wildman–Crippen MR) is 178 cm³/mol. The van der Waals surface area contributed by atoms with Gasteiger partial charge in [0.15, 0.2) is 18.7 Å². The minimum atomic E-state index is -1.76. The maximum absolute atomic E-state index is 12.6. The molecule has 7 N–H and O–H groups in total. The van der Waals surface area contributed by atoms with Crippen LogP contribution in [0.15, 0.2) is 12.2 Å². The fourth-order valence-electron chi connectivity index (χ4n) is 5.70. The van der Waals surface area contributed by atoms with Crippen LogP contribution in [0.2, 0.25) is 0 Å². The van der Waals surface area contributed by atoms with Gasteiger partial charge in [-0.05, 0) is 32.1 Å². The van der Waals surface area contributed by atoms with Gasteiger partial charge in [-0.3, -0.25) is 9.59 Å². The lowest BCUT2D eigenvalue weighted by molar-refractivity contribution is -0.332. The van der Waals surface area contributed by atoms with Gasteiger partial charge in [0.05, 0.1) is 19.8 Å². The molecule has 0 saturated carbocycles. The highest BCUT2D eigenvalue weighted by Crippen LogP contribution is 2.26. The summed E-state index contributed by atoms with van der Waals surface area (Å²) < 4.78 is 32.3. The van der Waals surface area contributed by atoms with Crippen molar-refractivity contribution in [3.8, 4) is 0 Å². The summed E-state index contributed by atoms with van der Waals surface area (Å²) >= 11 is 0. The standard InChI is InChI=1S/C35H62O15/c1-3-4-5-6-7-8-9-10-11-12-13-14-15-16-17-18-27(38)48-24(20-45-23(2)37)21-46-34-33(44)31(42)29(40)26(50-34)22-47-35-32(43)30(41)28(39)25(19-36)49-35/h10-11,24-26,28-36,39-44H,3-9,12-22H2,1-2H3/b11-10-. The van der Waals surface area contributed by atoms with E-state index in [2.05, 4.69) is 19.1 Å². The molecular formula is C35H62O15. The summed E-state index contributed by atoms with van der Waals surface area (Å²) in [5, 5.41) is 70.8. The van der Waals surface area contributed by atoms with Crippen molar-refractivity contribution < 1.29 is 73.8 Å². The summed E-state index contributed by atoms with van der Waals surface area (Å²) in [5.74, 6) is -1.13. The molecule has 0 amide bonds. The Hall–Kier alpha value is -1.76. The number of aliphatic hydroxyl groups excluding tert-OH is 7. The first kappa shape index (κ1) is 44.4. The molecule has 2 saturated heterocycles. The van der Waals surface area contributed by atoms with E-state index in [0.717, 1.165) is 38.5 Å². The van der Waals surface area contributed by atoms with Crippen LogP contribution in [0.25, 0.3) is 0 Å². The van der Waals surface area contributed by atoms with Gasteiger partial charge in [-0.25, -0.2) is 0 Å². The molecule has 0 spiro atoms. The molecule has 2 aliphatic heterocycles. The molecule has 2 aliphatic rings. The summed E-state index contributed by atoms with van der Waals surface area (Å²) in [4.78, 5) is 24.0. The molecule has 15 nitrogen and oxygen atoms in total. The number of carbonyl (C=O) groups is 2. The summed E-state index contributed by atoms with van der Waals surface area (Å²) in [6.45, 7) is 1.49. The molecule has 50 heavy (non-hydrogen) atoms. The van der Waals surface area contributed by atoms with Gasteiger partial charge in [0.1, 0.15) is 55.4 Å². The molecule has 11 unspecified atom stereocenters. The van der Waals surface area contributed by atoms with Gasteiger partial charge in [-0.2, -0.15) is 0 Å². The van der Waals surface area contributed by atoms with E-state index in [-0.39, 0.29) is 13.0 Å². The number of aliphatic hydroxyl groups is 7. The summed E-state index contributed by atoms with van der Waals surface area (Å²) in [6, 6.07) is 0. The number of esters is 2. The summed E-state index contributed by atoms with van der Waals surface area (Å²) in [5.41, 5.74) is 0. The summed E-state index contributed by atoms with van der Waals surface area (Å²) in [6.07, 6.45) is 2.47. The van der Waals surface area contributed by atoms with Crippen molar-refractivity contribution in [2.45, 2.75) is 171 Å². The van der Waals surface area contributed by atoms with Gasteiger partial charge < -0.3 is 64.2 Å². The lowest BCUT2D eigenvalue weighted by Gasteiger charge is -2.42. The monoisotopic (exact) mass is 722 g/mol. The van der Waals surface area contributed by atoms with Crippen LogP contribution in [0.5, 0.6) is 0 Å². The predicted octanol–water partition coefficient (Wildman–Crippen LogP) is 1.14. The van der Waals surface area contributed by atoms with Crippen LogP contribution < -0.4 is 0 Å². The number of hydrogen-bond donors (Lipinski definition) is 7. The van der Waals surface area contributed by atoms with Gasteiger partial charge in [0.2, 0.25) is 0 Å². The normalized spacial score (nSPS) is 30.7. The molecule has 0 bridgehead atoms. The van der Waals surface area contributed by atoms with Crippen molar-refractivity contribution >= 4 is 11.9 Å². The lowest BCUT2D eigenvalue weighted by Crippen LogP contribution is -2.61. The number of ether oxygens (including phenoxy) is 6. The van der Waals surface area contributed by atoms with Crippen molar-refractivity contribution in [2.75, 3.05) is 26.4 Å². The second-order valence-corrected chi connectivity index (χ2v) is 13.1. The van der Waals surface area contributed by atoms with Crippen molar-refractivity contribution in [3.63, 3.8) is 0 Å². The zero-order valence-electron chi connectivity index (χ0n) is 29.6. The number of rotatable bonds is 25. The molecule has 292 valence electrons. The molecular weight excluding hydrogens is 660 g/mol. The third-order valence-corrected chi connectivity index (χ3v) is 8.80. The lowest BCUT2D eigenvalue weighted by atomic mass is 9.98. The molecule has 11 atom stereocenters. The van der Waals surface area contributed by atoms with E-state index in [1.807, 2.05) is 0 Å². The van der Waals surface area contributed by atoms with E-state index in [1.165, 1.54) is 45.4 Å². The second-order valence-electron chi connectivity index (χ2n) is 13.1. The van der Waals surface area contributed by atoms with Gasteiger partial charge in [-0.15, -0.1) is 0 Å². The quantitative estimate of drug-likeness (QED) is 0.0398. The molecule has 15 heteroatoms. The van der Waals surface area contributed by atoms with Crippen LogP contribution in [-0.4, -0.2) is 142 Å². The summed E-state index contributed by atoms with van der Waals surface area (Å²) in [7, 11) is 0. The fourth-order valence-corrected chi connectivity index (χ4v) is 5.70. The first-order chi connectivity index (χ1) is 24.0. The third-order valence-electron chi connectivity index (χ3n) is 8.80. The highest BCUT2D eigenvalue weighted by atomic mass is 16.7. The Morgan fingerprint density at radius 1 is 0.660 bits per heavy atom. The van der Waals surface area contributed by atoms with Crippen LogP contribution in [0.4, 0.5) is 0 Å². The first-order valence-electron chi connectivity index (χ1n) is 18.2. The van der Waals surface area contributed by atoms with Crippen LogP contribution in [0.3, 0.4) is 0 Å². The molecule has 0 aliphatic carbocycles. The Morgan fingerprint density at radius 2 is 1.18 bits per heavy atom. The number of unbranched alkanes of at least 4 members (excludes halogenated alkanes) is 11. The molecule has 2 rings (SSSR count). The van der Waals surface area contributed by atoms with E-state index in [4.69, 9.17) is 28.4 Å². The molecule has 0 aromatic heterocycles. The van der Waals surface area contributed by atoms with Gasteiger partial charge in [0.25, 0.3) is 0 Å². The van der Waals surface area contributed by atoms with E-state index in [9.17, 15) is 45.3 Å². The van der Waals surface area contributed by atoms with Gasteiger partial charge >= 0.3 is 11.9 Å². The topological polar surface area (TPSA) is 231 Å². The Kier molecular flexibility index (Phi) is 22.4. The smallest absolute Gasteiger partial charge is 0.306 e. The minimum Gasteiger partial charge on any atom is -0.462 e. The Labute approximate surface area is 295 Å². The zero-order chi connectivity index (χ0) is 36.9. The van der Waals surface area contributed by atoms with Gasteiger partial charge in [-0.1, -0.05) is 70.4 Å². The minimum absolute atomic E-state index is 0.152. The maximum Gasteiger partial charge on any atom is 0.306 e. The van der Waals surface area contributed by atoms with E-state index in [0.29, 0.717) is 6.42 Å².